The molecule has 3 nitrogen and oxygen atoms in total. The average molecular weight is 124 g/mol. The zero-order valence-corrected chi connectivity index (χ0v) is 5.04. The van der Waals surface area contributed by atoms with Gasteiger partial charge >= 0.3 is 0 Å². The van der Waals surface area contributed by atoms with Gasteiger partial charge in [-0.25, -0.2) is 0 Å². The first-order chi connectivity index (χ1) is 4.38. The van der Waals surface area contributed by atoms with Gasteiger partial charge in [0.05, 0.1) is 17.7 Å². The fourth-order valence-corrected chi connectivity index (χ4v) is 1.09. The maximum atomic E-state index is 8.43. The number of hydrogen-bond acceptors (Lipinski definition) is 3. The van der Waals surface area contributed by atoms with Gasteiger partial charge in [0.2, 0.25) is 0 Å². The second-order valence-corrected chi connectivity index (χ2v) is 2.17. The average Bonchev–Trinajstić information content (AvgIpc) is 2.33. The molecule has 1 atom stereocenters. The SMILES string of the molecule is N#C[C@@H]1CCC/C1=N/O. The van der Waals surface area contributed by atoms with Gasteiger partial charge in [-0.05, 0) is 19.3 Å². The van der Waals surface area contributed by atoms with E-state index in [1.807, 2.05) is 0 Å². The molecule has 0 amide bonds. The van der Waals surface area contributed by atoms with Gasteiger partial charge in [0, 0.05) is 0 Å². The first-order valence-electron chi connectivity index (χ1n) is 2.99. The summed E-state index contributed by atoms with van der Waals surface area (Å²) in [5, 5.41) is 19.8. The molecule has 0 aromatic rings. The molecule has 0 spiro atoms. The molecule has 0 heterocycles. The molecule has 48 valence electrons. The Balaban J connectivity index is 2.65. The molecule has 1 fully saturated rings. The molecule has 3 heteroatoms. The first kappa shape index (κ1) is 6.09. The summed E-state index contributed by atoms with van der Waals surface area (Å²) in [5.74, 6) is -0.116. The van der Waals surface area contributed by atoms with Gasteiger partial charge in [0.15, 0.2) is 0 Å². The molecule has 1 aliphatic carbocycles. The molecular weight excluding hydrogens is 116 g/mol. The van der Waals surface area contributed by atoms with Crippen LogP contribution in [0.1, 0.15) is 19.3 Å². The minimum atomic E-state index is -0.116. The van der Waals surface area contributed by atoms with Crippen molar-refractivity contribution < 1.29 is 5.21 Å². The maximum Gasteiger partial charge on any atom is 0.0878 e. The number of rotatable bonds is 0. The molecule has 9 heavy (non-hydrogen) atoms. The molecule has 0 radical (unpaired) electrons. The van der Waals surface area contributed by atoms with Crippen LogP contribution in [0.4, 0.5) is 0 Å². The standard InChI is InChI=1S/C6H8N2O/c7-4-5-2-1-3-6(5)8-9/h5,9H,1-3H2/b8-6-/t5-/m0/s1. The zero-order valence-electron chi connectivity index (χ0n) is 5.04. The van der Waals surface area contributed by atoms with E-state index in [9.17, 15) is 0 Å². The van der Waals surface area contributed by atoms with Gasteiger partial charge in [0.1, 0.15) is 0 Å². The lowest BCUT2D eigenvalue weighted by molar-refractivity contribution is 0.316. The molecule has 1 N–H and O–H groups in total. The highest BCUT2D eigenvalue weighted by Gasteiger charge is 2.21. The molecule has 1 rings (SSSR count). The van der Waals surface area contributed by atoms with Crippen molar-refractivity contribution in [3.8, 4) is 6.07 Å². The van der Waals surface area contributed by atoms with E-state index in [2.05, 4.69) is 11.2 Å². The monoisotopic (exact) mass is 124 g/mol. The fourth-order valence-electron chi connectivity index (χ4n) is 1.09. The van der Waals surface area contributed by atoms with Crippen LogP contribution in [0.15, 0.2) is 5.16 Å². The van der Waals surface area contributed by atoms with Crippen LogP contribution in [-0.4, -0.2) is 10.9 Å². The number of hydrogen-bond donors (Lipinski definition) is 1. The maximum absolute atomic E-state index is 8.43. The van der Waals surface area contributed by atoms with Crippen LogP contribution < -0.4 is 0 Å². The Hall–Kier alpha value is -1.04. The summed E-state index contributed by atoms with van der Waals surface area (Å²) in [6, 6.07) is 2.07. The van der Waals surface area contributed by atoms with Gasteiger partial charge in [-0.2, -0.15) is 5.26 Å². The number of oxime groups is 1. The smallest absolute Gasteiger partial charge is 0.0878 e. The van der Waals surface area contributed by atoms with Crippen molar-refractivity contribution in [3.05, 3.63) is 0 Å². The van der Waals surface area contributed by atoms with Gasteiger partial charge in [0.25, 0.3) is 0 Å². The van der Waals surface area contributed by atoms with Crippen molar-refractivity contribution in [1.82, 2.24) is 0 Å². The Kier molecular flexibility index (Phi) is 1.69. The molecule has 0 saturated heterocycles. The molecule has 0 aromatic heterocycles. The van der Waals surface area contributed by atoms with Crippen LogP contribution in [0, 0.1) is 17.2 Å². The van der Waals surface area contributed by atoms with E-state index in [4.69, 9.17) is 10.5 Å². The third-order valence-electron chi connectivity index (χ3n) is 1.61. The molecule has 0 bridgehead atoms. The van der Waals surface area contributed by atoms with E-state index in [1.165, 1.54) is 0 Å². The van der Waals surface area contributed by atoms with Gasteiger partial charge in [-0.15, -0.1) is 0 Å². The fraction of sp³-hybridized carbons (Fsp3) is 0.667. The van der Waals surface area contributed by atoms with Gasteiger partial charge in [-0.1, -0.05) is 5.16 Å². The van der Waals surface area contributed by atoms with E-state index in [1.54, 1.807) is 0 Å². The molecule has 1 saturated carbocycles. The van der Waals surface area contributed by atoms with Crippen molar-refractivity contribution >= 4 is 5.71 Å². The molecule has 0 unspecified atom stereocenters. The highest BCUT2D eigenvalue weighted by atomic mass is 16.4. The summed E-state index contributed by atoms with van der Waals surface area (Å²) >= 11 is 0. The van der Waals surface area contributed by atoms with E-state index < -0.39 is 0 Å². The van der Waals surface area contributed by atoms with Crippen molar-refractivity contribution in [3.63, 3.8) is 0 Å². The van der Waals surface area contributed by atoms with E-state index >= 15 is 0 Å². The van der Waals surface area contributed by atoms with E-state index in [0.29, 0.717) is 5.71 Å². The van der Waals surface area contributed by atoms with Crippen LogP contribution in [0.5, 0.6) is 0 Å². The van der Waals surface area contributed by atoms with Crippen LogP contribution in [0.3, 0.4) is 0 Å². The van der Waals surface area contributed by atoms with Crippen LogP contribution in [-0.2, 0) is 0 Å². The molecular formula is C6H8N2O. The Morgan fingerprint density at radius 3 is 3.00 bits per heavy atom. The molecule has 0 aliphatic heterocycles. The normalized spacial score (nSPS) is 30.6. The van der Waals surface area contributed by atoms with Crippen LogP contribution >= 0.6 is 0 Å². The molecule has 0 aromatic carbocycles. The number of nitriles is 1. The summed E-state index contributed by atoms with van der Waals surface area (Å²) in [4.78, 5) is 0. The van der Waals surface area contributed by atoms with E-state index in [-0.39, 0.29) is 5.92 Å². The van der Waals surface area contributed by atoms with Crippen LogP contribution in [0.25, 0.3) is 0 Å². The van der Waals surface area contributed by atoms with E-state index in [0.717, 1.165) is 19.3 Å². The predicted molar refractivity (Wildman–Crippen MR) is 32.2 cm³/mol. The van der Waals surface area contributed by atoms with Crippen molar-refractivity contribution in [1.29, 1.82) is 5.26 Å². The lowest BCUT2D eigenvalue weighted by Crippen LogP contribution is -2.02. The second-order valence-electron chi connectivity index (χ2n) is 2.17. The first-order valence-corrected chi connectivity index (χ1v) is 2.99. The van der Waals surface area contributed by atoms with Crippen molar-refractivity contribution in [2.45, 2.75) is 19.3 Å². The summed E-state index contributed by atoms with van der Waals surface area (Å²) in [5.41, 5.74) is 0.650. The topological polar surface area (TPSA) is 56.4 Å². The lowest BCUT2D eigenvalue weighted by atomic mass is 10.1. The summed E-state index contributed by atoms with van der Waals surface area (Å²) in [6.45, 7) is 0. The summed E-state index contributed by atoms with van der Waals surface area (Å²) < 4.78 is 0. The minimum absolute atomic E-state index is 0.116. The molecule has 1 aliphatic rings. The quantitative estimate of drug-likeness (QED) is 0.389. The third kappa shape index (κ3) is 1.02. The summed E-state index contributed by atoms with van der Waals surface area (Å²) in [7, 11) is 0. The van der Waals surface area contributed by atoms with Crippen molar-refractivity contribution in [2.75, 3.05) is 0 Å². The van der Waals surface area contributed by atoms with Crippen molar-refractivity contribution in [2.24, 2.45) is 11.1 Å². The highest BCUT2D eigenvalue weighted by molar-refractivity contribution is 5.89. The minimum Gasteiger partial charge on any atom is -0.411 e. The Labute approximate surface area is 53.6 Å². The Morgan fingerprint density at radius 1 is 1.78 bits per heavy atom. The zero-order chi connectivity index (χ0) is 6.69. The van der Waals surface area contributed by atoms with Gasteiger partial charge in [-0.3, -0.25) is 0 Å². The second kappa shape index (κ2) is 2.49. The lowest BCUT2D eigenvalue weighted by Gasteiger charge is -1.93. The Bertz CT molecular complexity index is 168. The van der Waals surface area contributed by atoms with Crippen LogP contribution in [0.2, 0.25) is 0 Å². The Morgan fingerprint density at radius 2 is 2.56 bits per heavy atom. The largest absolute Gasteiger partial charge is 0.411 e. The predicted octanol–water partition coefficient (Wildman–Crippen LogP) is 1.14. The van der Waals surface area contributed by atoms with Gasteiger partial charge < -0.3 is 5.21 Å². The number of nitrogens with zero attached hydrogens (tertiary/aromatic N) is 2. The highest BCUT2D eigenvalue weighted by Crippen LogP contribution is 2.21. The third-order valence-corrected chi connectivity index (χ3v) is 1.61. The summed E-state index contributed by atoms with van der Waals surface area (Å²) in [6.07, 6.45) is 2.63.